The van der Waals surface area contributed by atoms with E-state index < -0.39 is 0 Å². The lowest BCUT2D eigenvalue weighted by Crippen LogP contribution is -2.15. The Hall–Kier alpha value is -2.42. The van der Waals surface area contributed by atoms with Crippen LogP contribution in [0, 0.1) is 5.92 Å². The molecule has 0 amide bonds. The normalized spacial score (nSPS) is 18.7. The fraction of sp³-hybridized carbons (Fsp3) is 0.364. The van der Waals surface area contributed by atoms with Gasteiger partial charge in [-0.05, 0) is 43.5 Å². The van der Waals surface area contributed by atoms with Crippen LogP contribution in [0.25, 0.3) is 0 Å². The van der Waals surface area contributed by atoms with Crippen LogP contribution in [0.1, 0.15) is 39.3 Å². The highest BCUT2D eigenvalue weighted by molar-refractivity contribution is 6.05. The number of carbonyl (C=O) groups excluding carboxylic acids is 1. The van der Waals surface area contributed by atoms with Crippen LogP contribution in [-0.4, -0.2) is 17.9 Å². The standard InChI is InChI=1S/C22H27NO2/c1-6-9-15(2)12-16(3)17(4)21-20(25-5)14-18(22(21)24)13-19-10-7-8-11-23-19/h7-12,18H,4,6,13-14H2,1-3,5H3/b15-9-,16-12-. The van der Waals surface area contributed by atoms with Crippen LogP contribution in [-0.2, 0) is 16.0 Å². The monoisotopic (exact) mass is 337 g/mol. The molecule has 0 saturated heterocycles. The maximum atomic E-state index is 13.0. The molecule has 3 nitrogen and oxygen atoms in total. The molecule has 0 radical (unpaired) electrons. The van der Waals surface area contributed by atoms with Gasteiger partial charge in [-0.2, -0.15) is 0 Å². The molecule has 1 unspecified atom stereocenters. The molecule has 25 heavy (non-hydrogen) atoms. The molecule has 0 spiro atoms. The van der Waals surface area contributed by atoms with E-state index in [1.165, 1.54) is 5.57 Å². The molecule has 1 heterocycles. The first-order valence-electron chi connectivity index (χ1n) is 8.73. The summed E-state index contributed by atoms with van der Waals surface area (Å²) in [7, 11) is 1.63. The summed E-state index contributed by atoms with van der Waals surface area (Å²) >= 11 is 0. The van der Waals surface area contributed by atoms with E-state index in [1.54, 1.807) is 13.3 Å². The van der Waals surface area contributed by atoms with Gasteiger partial charge in [-0.1, -0.05) is 37.3 Å². The van der Waals surface area contributed by atoms with Crippen molar-refractivity contribution in [1.82, 2.24) is 4.98 Å². The van der Waals surface area contributed by atoms with Gasteiger partial charge in [0.15, 0.2) is 5.78 Å². The van der Waals surface area contributed by atoms with Gasteiger partial charge in [0.1, 0.15) is 5.76 Å². The van der Waals surface area contributed by atoms with Crippen molar-refractivity contribution >= 4 is 5.78 Å². The number of Topliss-reactive ketones (excluding diaryl/α,β-unsaturated/α-hetero) is 1. The summed E-state index contributed by atoms with van der Waals surface area (Å²) in [4.78, 5) is 17.3. The zero-order valence-electron chi connectivity index (χ0n) is 15.6. The lowest BCUT2D eigenvalue weighted by atomic mass is 9.92. The molecular formula is C22H27NO2. The fourth-order valence-electron chi connectivity index (χ4n) is 3.21. The average Bonchev–Trinajstić information content (AvgIpc) is 2.91. The molecule has 0 fully saturated rings. The molecule has 1 aromatic heterocycles. The molecule has 1 aromatic rings. The van der Waals surface area contributed by atoms with Crippen LogP contribution in [0.3, 0.4) is 0 Å². The van der Waals surface area contributed by atoms with Crippen molar-refractivity contribution in [2.24, 2.45) is 5.92 Å². The van der Waals surface area contributed by atoms with Crippen molar-refractivity contribution in [2.45, 2.75) is 40.0 Å². The van der Waals surface area contributed by atoms with E-state index >= 15 is 0 Å². The minimum absolute atomic E-state index is 0.109. The van der Waals surface area contributed by atoms with Crippen LogP contribution >= 0.6 is 0 Å². The van der Waals surface area contributed by atoms with Gasteiger partial charge in [0.25, 0.3) is 0 Å². The molecule has 1 atom stereocenters. The molecule has 0 bridgehead atoms. The Morgan fingerprint density at radius 1 is 1.40 bits per heavy atom. The summed E-state index contributed by atoms with van der Waals surface area (Å²) in [5.41, 5.74) is 4.50. The van der Waals surface area contributed by atoms with Crippen molar-refractivity contribution in [3.8, 4) is 0 Å². The van der Waals surface area contributed by atoms with Crippen molar-refractivity contribution in [3.63, 3.8) is 0 Å². The van der Waals surface area contributed by atoms with Crippen molar-refractivity contribution in [1.29, 1.82) is 0 Å². The third-order valence-corrected chi connectivity index (χ3v) is 4.50. The second-order valence-corrected chi connectivity index (χ2v) is 6.46. The zero-order chi connectivity index (χ0) is 18.4. The van der Waals surface area contributed by atoms with Gasteiger partial charge in [0.05, 0.1) is 12.7 Å². The molecule has 2 rings (SSSR count). The predicted molar refractivity (Wildman–Crippen MR) is 102 cm³/mol. The number of aromatic nitrogens is 1. The molecular weight excluding hydrogens is 310 g/mol. The largest absolute Gasteiger partial charge is 0.500 e. The van der Waals surface area contributed by atoms with Gasteiger partial charge < -0.3 is 4.74 Å². The Bertz CT molecular complexity index is 739. The number of rotatable bonds is 7. The Balaban J connectivity index is 2.22. The summed E-state index contributed by atoms with van der Waals surface area (Å²) in [6, 6.07) is 5.78. The number of nitrogens with zero attached hydrogens (tertiary/aromatic N) is 1. The number of allylic oxidation sites excluding steroid dienone is 7. The third kappa shape index (κ3) is 4.56. The van der Waals surface area contributed by atoms with Crippen molar-refractivity contribution in [3.05, 3.63) is 76.9 Å². The van der Waals surface area contributed by atoms with Gasteiger partial charge in [0.2, 0.25) is 0 Å². The minimum Gasteiger partial charge on any atom is -0.500 e. The molecule has 0 N–H and O–H groups in total. The predicted octanol–water partition coefficient (Wildman–Crippen LogP) is 4.97. The number of ketones is 1. The number of carbonyl (C=O) groups is 1. The topological polar surface area (TPSA) is 39.2 Å². The Morgan fingerprint density at radius 2 is 2.16 bits per heavy atom. The summed E-state index contributed by atoms with van der Waals surface area (Å²) in [5.74, 6) is 0.717. The lowest BCUT2D eigenvalue weighted by molar-refractivity contribution is -0.118. The van der Waals surface area contributed by atoms with Crippen molar-refractivity contribution in [2.75, 3.05) is 7.11 Å². The fourth-order valence-corrected chi connectivity index (χ4v) is 3.21. The molecule has 0 aliphatic heterocycles. The van der Waals surface area contributed by atoms with Gasteiger partial charge in [-0.25, -0.2) is 0 Å². The van der Waals surface area contributed by atoms with E-state index in [0.29, 0.717) is 18.4 Å². The first-order valence-corrected chi connectivity index (χ1v) is 8.73. The maximum absolute atomic E-state index is 13.0. The number of hydrogen-bond acceptors (Lipinski definition) is 3. The number of ether oxygens (including phenoxy) is 1. The maximum Gasteiger partial charge on any atom is 0.170 e. The highest BCUT2D eigenvalue weighted by Gasteiger charge is 2.35. The second-order valence-electron chi connectivity index (χ2n) is 6.46. The Kier molecular flexibility index (Phi) is 6.51. The zero-order valence-corrected chi connectivity index (χ0v) is 15.6. The Labute approximate surface area is 150 Å². The van der Waals surface area contributed by atoms with Gasteiger partial charge >= 0.3 is 0 Å². The highest BCUT2D eigenvalue weighted by Crippen LogP contribution is 2.36. The van der Waals surface area contributed by atoms with Crippen molar-refractivity contribution < 1.29 is 9.53 Å². The van der Waals surface area contributed by atoms with E-state index in [1.807, 2.05) is 25.1 Å². The first kappa shape index (κ1) is 18.9. The van der Waals surface area contributed by atoms with Crippen LogP contribution in [0.15, 0.2) is 71.2 Å². The summed E-state index contributed by atoms with van der Waals surface area (Å²) in [6.07, 6.45) is 8.21. The van der Waals surface area contributed by atoms with Crippen LogP contribution in [0.5, 0.6) is 0 Å². The van der Waals surface area contributed by atoms with E-state index in [9.17, 15) is 4.79 Å². The SMILES string of the molecule is C=C(C1=C(OC)CC(Cc2ccccn2)C1=O)/C(C)=C\C(C)=C/CC. The number of hydrogen-bond donors (Lipinski definition) is 0. The van der Waals surface area contributed by atoms with Gasteiger partial charge in [-0.15, -0.1) is 0 Å². The van der Waals surface area contributed by atoms with E-state index in [0.717, 1.165) is 29.0 Å². The lowest BCUT2D eigenvalue weighted by Gasteiger charge is -2.11. The quantitative estimate of drug-likeness (QED) is 0.659. The van der Waals surface area contributed by atoms with Crippen LogP contribution in [0.2, 0.25) is 0 Å². The van der Waals surface area contributed by atoms with Crippen LogP contribution in [0.4, 0.5) is 0 Å². The number of pyridine rings is 1. The molecule has 0 aromatic carbocycles. The summed E-state index contributed by atoms with van der Waals surface area (Å²) < 4.78 is 5.52. The highest BCUT2D eigenvalue weighted by atomic mass is 16.5. The average molecular weight is 337 g/mol. The van der Waals surface area contributed by atoms with Crippen LogP contribution < -0.4 is 0 Å². The molecule has 0 saturated carbocycles. The first-order chi connectivity index (χ1) is 12.0. The van der Waals surface area contributed by atoms with E-state index in [-0.39, 0.29) is 11.7 Å². The van der Waals surface area contributed by atoms with E-state index in [4.69, 9.17) is 4.74 Å². The molecule has 3 heteroatoms. The Morgan fingerprint density at radius 3 is 2.76 bits per heavy atom. The molecule has 1 aliphatic carbocycles. The van der Waals surface area contributed by atoms with E-state index in [2.05, 4.69) is 37.6 Å². The number of methoxy groups -OCH3 is 1. The minimum atomic E-state index is -0.128. The second kappa shape index (κ2) is 8.61. The third-order valence-electron chi connectivity index (χ3n) is 4.50. The molecule has 132 valence electrons. The van der Waals surface area contributed by atoms with Gasteiger partial charge in [-0.3, -0.25) is 9.78 Å². The smallest absolute Gasteiger partial charge is 0.170 e. The summed E-state index contributed by atoms with van der Waals surface area (Å²) in [5, 5.41) is 0. The van der Waals surface area contributed by atoms with Gasteiger partial charge in [0, 0.05) is 30.7 Å². The summed E-state index contributed by atoms with van der Waals surface area (Å²) in [6.45, 7) is 10.3. The molecule has 1 aliphatic rings.